The van der Waals surface area contributed by atoms with Crippen molar-refractivity contribution in [3.05, 3.63) is 62.4 Å². The van der Waals surface area contributed by atoms with Gasteiger partial charge in [-0.05, 0) is 23.6 Å². The van der Waals surface area contributed by atoms with Crippen molar-refractivity contribution in [2.24, 2.45) is 0 Å². The molecule has 2 aromatic rings. The minimum atomic E-state index is -1.37. The third kappa shape index (κ3) is 2.54. The van der Waals surface area contributed by atoms with Crippen LogP contribution >= 0.6 is 0 Å². The number of carboxylic acid groups (broad SMARTS) is 1. The zero-order valence-corrected chi connectivity index (χ0v) is 11.1. The van der Waals surface area contributed by atoms with E-state index in [9.17, 15) is 14.4 Å². The molecule has 0 saturated carbocycles. The predicted molar refractivity (Wildman–Crippen MR) is 73.7 cm³/mol. The predicted octanol–water partition coefficient (Wildman–Crippen LogP) is 1.35. The van der Waals surface area contributed by atoms with Gasteiger partial charge in [-0.25, -0.2) is 9.59 Å². The van der Waals surface area contributed by atoms with Crippen molar-refractivity contribution >= 4 is 5.97 Å². The van der Waals surface area contributed by atoms with E-state index >= 15 is 0 Å². The van der Waals surface area contributed by atoms with Crippen LogP contribution in [0, 0.1) is 0 Å². The molecule has 0 bridgehead atoms. The second-order valence-electron chi connectivity index (χ2n) is 4.73. The minimum absolute atomic E-state index is 0.271. The van der Waals surface area contributed by atoms with Gasteiger partial charge >= 0.3 is 11.7 Å². The zero-order valence-electron chi connectivity index (χ0n) is 11.1. The normalized spacial score (nSPS) is 10.8. The number of aromatic nitrogens is 2. The fraction of sp³-hybridized carbons (Fsp3) is 0.214. The number of nitrogens with one attached hydrogen (secondary N) is 1. The van der Waals surface area contributed by atoms with Crippen LogP contribution in [-0.4, -0.2) is 20.6 Å². The Morgan fingerprint density at radius 1 is 1.30 bits per heavy atom. The molecule has 0 aliphatic heterocycles. The van der Waals surface area contributed by atoms with Crippen molar-refractivity contribution < 1.29 is 9.90 Å². The van der Waals surface area contributed by atoms with Gasteiger partial charge in [-0.15, -0.1) is 0 Å². The Morgan fingerprint density at radius 3 is 2.60 bits per heavy atom. The van der Waals surface area contributed by atoms with Gasteiger partial charge in [0, 0.05) is 6.20 Å². The number of carboxylic acids is 1. The maximum absolute atomic E-state index is 11.8. The van der Waals surface area contributed by atoms with Gasteiger partial charge in [0.05, 0.1) is 5.69 Å². The van der Waals surface area contributed by atoms with Gasteiger partial charge < -0.3 is 5.11 Å². The number of H-pyrrole nitrogens is 1. The highest BCUT2D eigenvalue weighted by molar-refractivity contribution is 5.86. The molecule has 104 valence electrons. The minimum Gasteiger partial charge on any atom is -0.477 e. The van der Waals surface area contributed by atoms with E-state index in [4.69, 9.17) is 5.11 Å². The first-order chi connectivity index (χ1) is 9.40. The van der Waals surface area contributed by atoms with Gasteiger partial charge in [0.1, 0.15) is 5.56 Å². The molecule has 0 atom stereocenters. The summed E-state index contributed by atoms with van der Waals surface area (Å²) in [5, 5.41) is 8.94. The lowest BCUT2D eigenvalue weighted by Crippen LogP contribution is -2.32. The highest BCUT2D eigenvalue weighted by atomic mass is 16.4. The van der Waals surface area contributed by atoms with Crippen LogP contribution in [0.3, 0.4) is 0 Å². The smallest absolute Gasteiger partial charge is 0.342 e. The summed E-state index contributed by atoms with van der Waals surface area (Å²) in [5.41, 5.74) is -0.517. The Labute approximate surface area is 114 Å². The molecule has 0 radical (unpaired) electrons. The van der Waals surface area contributed by atoms with Crippen LogP contribution in [0.15, 0.2) is 40.1 Å². The molecule has 0 saturated heterocycles. The van der Waals surface area contributed by atoms with Crippen LogP contribution in [0.4, 0.5) is 0 Å². The lowest BCUT2D eigenvalue weighted by atomic mass is 10.0. The van der Waals surface area contributed by atoms with E-state index in [1.54, 1.807) is 18.2 Å². The molecular weight excluding hydrogens is 260 g/mol. The lowest BCUT2D eigenvalue weighted by Gasteiger charge is -2.10. The van der Waals surface area contributed by atoms with E-state index in [2.05, 4.69) is 0 Å². The molecule has 6 heteroatoms. The van der Waals surface area contributed by atoms with E-state index in [1.165, 1.54) is 0 Å². The first kappa shape index (κ1) is 13.8. The molecule has 0 fully saturated rings. The Balaban J connectivity index is 2.67. The average molecular weight is 274 g/mol. The molecular formula is C14H14N2O4. The number of hydrogen-bond donors (Lipinski definition) is 2. The quantitative estimate of drug-likeness (QED) is 0.883. The highest BCUT2D eigenvalue weighted by Crippen LogP contribution is 2.17. The molecule has 0 aliphatic carbocycles. The molecule has 1 aromatic heterocycles. The largest absolute Gasteiger partial charge is 0.477 e. The van der Waals surface area contributed by atoms with Gasteiger partial charge in [-0.2, -0.15) is 0 Å². The average Bonchev–Trinajstić information content (AvgIpc) is 2.38. The Hall–Kier alpha value is -2.63. The third-order valence-electron chi connectivity index (χ3n) is 2.99. The topological polar surface area (TPSA) is 92.2 Å². The van der Waals surface area contributed by atoms with Crippen LogP contribution in [0.5, 0.6) is 0 Å². The van der Waals surface area contributed by atoms with Gasteiger partial charge in [0.25, 0.3) is 5.56 Å². The van der Waals surface area contributed by atoms with Gasteiger partial charge in [-0.3, -0.25) is 14.3 Å². The molecule has 2 rings (SSSR count). The number of aromatic carboxylic acids is 1. The van der Waals surface area contributed by atoms with Crippen molar-refractivity contribution in [3.8, 4) is 5.69 Å². The molecule has 0 aliphatic rings. The van der Waals surface area contributed by atoms with Crippen LogP contribution in [-0.2, 0) is 0 Å². The summed E-state index contributed by atoms with van der Waals surface area (Å²) in [6.07, 6.45) is 1.04. The third-order valence-corrected chi connectivity index (χ3v) is 2.99. The molecule has 20 heavy (non-hydrogen) atoms. The molecule has 1 aromatic carbocycles. The fourth-order valence-corrected chi connectivity index (χ4v) is 1.85. The van der Waals surface area contributed by atoms with Crippen molar-refractivity contribution in [2.45, 2.75) is 19.8 Å². The van der Waals surface area contributed by atoms with E-state index in [1.807, 2.05) is 24.9 Å². The lowest BCUT2D eigenvalue weighted by molar-refractivity contribution is 0.0694. The first-order valence-corrected chi connectivity index (χ1v) is 6.09. The van der Waals surface area contributed by atoms with Crippen molar-refractivity contribution in [1.82, 2.24) is 9.55 Å². The van der Waals surface area contributed by atoms with Crippen LogP contribution in [0.1, 0.15) is 35.7 Å². The summed E-state index contributed by atoms with van der Waals surface area (Å²) in [7, 11) is 0. The molecule has 0 unspecified atom stereocenters. The Kier molecular flexibility index (Phi) is 3.56. The van der Waals surface area contributed by atoms with Crippen molar-refractivity contribution in [2.75, 3.05) is 0 Å². The molecule has 2 N–H and O–H groups in total. The van der Waals surface area contributed by atoms with Crippen molar-refractivity contribution in [1.29, 1.82) is 0 Å². The number of rotatable bonds is 3. The second-order valence-corrected chi connectivity index (χ2v) is 4.73. The van der Waals surface area contributed by atoms with Gasteiger partial charge in [-0.1, -0.05) is 26.0 Å². The maximum Gasteiger partial charge on any atom is 0.342 e. The summed E-state index contributed by atoms with van der Waals surface area (Å²) >= 11 is 0. The van der Waals surface area contributed by atoms with Gasteiger partial charge in [0.15, 0.2) is 0 Å². The summed E-state index contributed by atoms with van der Waals surface area (Å²) in [4.78, 5) is 36.2. The van der Waals surface area contributed by atoms with Crippen LogP contribution < -0.4 is 11.2 Å². The molecule has 6 nitrogen and oxygen atoms in total. The van der Waals surface area contributed by atoms with Crippen LogP contribution in [0.2, 0.25) is 0 Å². The summed E-state index contributed by atoms with van der Waals surface area (Å²) in [5.74, 6) is -1.10. The monoisotopic (exact) mass is 274 g/mol. The molecule has 1 heterocycles. The van der Waals surface area contributed by atoms with E-state index in [0.717, 1.165) is 16.3 Å². The summed E-state index contributed by atoms with van der Waals surface area (Å²) < 4.78 is 1.12. The van der Waals surface area contributed by atoms with Crippen molar-refractivity contribution in [3.63, 3.8) is 0 Å². The standard InChI is InChI=1S/C14H14N2O4/c1-8(2)9-4-3-5-10(6-9)16-7-11(13(18)19)12(17)15-14(16)20/h3-8H,1-2H3,(H,18,19)(H,15,17,20). The maximum atomic E-state index is 11.8. The SMILES string of the molecule is CC(C)c1cccc(-n2cc(C(=O)O)c(=O)[nH]c2=O)c1. The fourth-order valence-electron chi connectivity index (χ4n) is 1.85. The van der Waals surface area contributed by atoms with Crippen LogP contribution in [0.25, 0.3) is 5.69 Å². The number of carbonyl (C=O) groups is 1. The second kappa shape index (κ2) is 5.16. The van der Waals surface area contributed by atoms with E-state index in [0.29, 0.717) is 5.69 Å². The van der Waals surface area contributed by atoms with E-state index < -0.39 is 22.8 Å². The van der Waals surface area contributed by atoms with Gasteiger partial charge in [0.2, 0.25) is 0 Å². The van der Waals surface area contributed by atoms with E-state index in [-0.39, 0.29) is 5.92 Å². The molecule has 0 amide bonds. The number of benzene rings is 1. The zero-order chi connectivity index (χ0) is 14.9. The summed E-state index contributed by atoms with van der Waals surface area (Å²) in [6.45, 7) is 4.02. The molecule has 0 spiro atoms. The number of nitrogens with zero attached hydrogens (tertiary/aromatic N) is 1. The Morgan fingerprint density at radius 2 is 2.00 bits per heavy atom. The highest BCUT2D eigenvalue weighted by Gasteiger charge is 2.12. The first-order valence-electron chi connectivity index (χ1n) is 6.09. The summed E-state index contributed by atoms with van der Waals surface area (Å²) in [6, 6.07) is 7.17. The number of aromatic amines is 1. The Bertz CT molecular complexity index is 771. The number of hydrogen-bond acceptors (Lipinski definition) is 3.